The van der Waals surface area contributed by atoms with Crippen LogP contribution in [0.1, 0.15) is 6.92 Å². The highest BCUT2D eigenvalue weighted by Gasteiger charge is 2.10. The van der Waals surface area contributed by atoms with Crippen LogP contribution in [-0.2, 0) is 4.79 Å². The van der Waals surface area contributed by atoms with Gasteiger partial charge >= 0.3 is 0 Å². The molecule has 3 rings (SSSR count). The predicted octanol–water partition coefficient (Wildman–Crippen LogP) is 3.84. The van der Waals surface area contributed by atoms with Crippen molar-refractivity contribution in [1.82, 2.24) is 10.2 Å². The van der Waals surface area contributed by atoms with Gasteiger partial charge in [0.2, 0.25) is 5.91 Å². The Bertz CT molecular complexity index is 792. The van der Waals surface area contributed by atoms with Crippen molar-refractivity contribution in [3.05, 3.63) is 60.5 Å². The number of aromatic amines is 1. The molecule has 2 aromatic carbocycles. The summed E-state index contributed by atoms with van der Waals surface area (Å²) in [5.41, 5.74) is 4.30. The molecule has 0 aliphatic carbocycles. The molecule has 22 heavy (non-hydrogen) atoms. The van der Waals surface area contributed by atoms with Crippen LogP contribution in [0.25, 0.3) is 22.4 Å². The number of carbonyl (C=O) groups is 1. The standard InChI is InChI=1S/C17H14FN3O/c1-11(22)20-15-8-4-12(5-9-15)16-10-19-21-17(16)13-2-6-14(18)7-3-13/h2-10H,1H3,(H,19,21)(H,20,22). The first-order chi connectivity index (χ1) is 10.6. The second kappa shape index (κ2) is 5.81. The molecule has 1 heterocycles. The van der Waals surface area contributed by atoms with E-state index in [4.69, 9.17) is 0 Å². The van der Waals surface area contributed by atoms with Crippen molar-refractivity contribution in [3.8, 4) is 22.4 Å². The van der Waals surface area contributed by atoms with E-state index in [9.17, 15) is 9.18 Å². The maximum Gasteiger partial charge on any atom is 0.221 e. The Labute approximate surface area is 127 Å². The lowest BCUT2D eigenvalue weighted by atomic mass is 10.0. The molecule has 0 saturated carbocycles. The van der Waals surface area contributed by atoms with Gasteiger partial charge in [0.1, 0.15) is 5.82 Å². The fraction of sp³-hybridized carbons (Fsp3) is 0.0588. The Morgan fingerprint density at radius 2 is 1.68 bits per heavy atom. The smallest absolute Gasteiger partial charge is 0.221 e. The third-order valence-electron chi connectivity index (χ3n) is 3.29. The van der Waals surface area contributed by atoms with Crippen LogP contribution in [0.5, 0.6) is 0 Å². The number of halogens is 1. The lowest BCUT2D eigenvalue weighted by Gasteiger charge is -2.06. The van der Waals surface area contributed by atoms with E-state index in [0.29, 0.717) is 0 Å². The molecule has 0 saturated heterocycles. The van der Waals surface area contributed by atoms with Gasteiger partial charge in [0.15, 0.2) is 0 Å². The summed E-state index contributed by atoms with van der Waals surface area (Å²) in [5, 5.41) is 9.75. The van der Waals surface area contributed by atoms with Gasteiger partial charge in [-0.3, -0.25) is 9.89 Å². The van der Waals surface area contributed by atoms with Crippen molar-refractivity contribution in [2.75, 3.05) is 5.32 Å². The number of nitrogens with zero attached hydrogens (tertiary/aromatic N) is 1. The number of carbonyl (C=O) groups excluding carboxylic acids is 1. The van der Waals surface area contributed by atoms with Crippen LogP contribution in [0, 0.1) is 5.82 Å². The minimum absolute atomic E-state index is 0.108. The zero-order valence-electron chi connectivity index (χ0n) is 11.9. The van der Waals surface area contributed by atoms with Crippen molar-refractivity contribution >= 4 is 11.6 Å². The van der Waals surface area contributed by atoms with Gasteiger partial charge in [-0.15, -0.1) is 0 Å². The van der Waals surface area contributed by atoms with Crippen molar-refractivity contribution < 1.29 is 9.18 Å². The maximum absolute atomic E-state index is 13.0. The van der Waals surface area contributed by atoms with Gasteiger partial charge < -0.3 is 5.32 Å². The summed E-state index contributed by atoms with van der Waals surface area (Å²) in [4.78, 5) is 11.0. The molecule has 1 amide bonds. The molecular formula is C17H14FN3O. The van der Waals surface area contributed by atoms with Crippen molar-refractivity contribution in [1.29, 1.82) is 0 Å². The number of anilines is 1. The topological polar surface area (TPSA) is 57.8 Å². The Hall–Kier alpha value is -2.95. The van der Waals surface area contributed by atoms with E-state index < -0.39 is 0 Å². The second-order valence-corrected chi connectivity index (χ2v) is 4.92. The van der Waals surface area contributed by atoms with E-state index in [-0.39, 0.29) is 11.7 Å². The van der Waals surface area contributed by atoms with Crippen LogP contribution >= 0.6 is 0 Å². The highest BCUT2D eigenvalue weighted by atomic mass is 19.1. The largest absolute Gasteiger partial charge is 0.326 e. The lowest BCUT2D eigenvalue weighted by molar-refractivity contribution is -0.114. The number of benzene rings is 2. The number of hydrogen-bond acceptors (Lipinski definition) is 2. The monoisotopic (exact) mass is 295 g/mol. The van der Waals surface area contributed by atoms with Gasteiger partial charge in [-0.1, -0.05) is 12.1 Å². The average molecular weight is 295 g/mol. The van der Waals surface area contributed by atoms with E-state index in [1.54, 1.807) is 18.3 Å². The van der Waals surface area contributed by atoms with Gasteiger partial charge in [-0.25, -0.2) is 4.39 Å². The minimum atomic E-state index is -0.274. The molecule has 0 aliphatic rings. The Morgan fingerprint density at radius 3 is 2.32 bits per heavy atom. The number of aromatic nitrogens is 2. The number of hydrogen-bond donors (Lipinski definition) is 2. The molecular weight excluding hydrogens is 281 g/mol. The molecule has 1 aromatic heterocycles. The quantitative estimate of drug-likeness (QED) is 0.771. The van der Waals surface area contributed by atoms with Crippen molar-refractivity contribution in [2.24, 2.45) is 0 Å². The summed E-state index contributed by atoms with van der Waals surface area (Å²) in [7, 11) is 0. The Morgan fingerprint density at radius 1 is 1.05 bits per heavy atom. The molecule has 3 aromatic rings. The summed E-state index contributed by atoms with van der Waals surface area (Å²) < 4.78 is 13.0. The van der Waals surface area contributed by atoms with E-state index in [0.717, 1.165) is 28.1 Å². The van der Waals surface area contributed by atoms with Gasteiger partial charge in [-0.2, -0.15) is 5.10 Å². The Balaban J connectivity index is 1.94. The third kappa shape index (κ3) is 2.88. The first-order valence-electron chi connectivity index (χ1n) is 6.81. The molecule has 0 unspecified atom stereocenters. The van der Waals surface area contributed by atoms with E-state index >= 15 is 0 Å². The number of H-pyrrole nitrogens is 1. The van der Waals surface area contributed by atoms with Gasteiger partial charge in [-0.05, 0) is 42.0 Å². The fourth-order valence-corrected chi connectivity index (χ4v) is 2.28. The summed E-state index contributed by atoms with van der Waals surface area (Å²) in [6, 6.07) is 13.7. The summed E-state index contributed by atoms with van der Waals surface area (Å²) >= 11 is 0. The SMILES string of the molecule is CC(=O)Nc1ccc(-c2cn[nH]c2-c2ccc(F)cc2)cc1. The third-order valence-corrected chi connectivity index (χ3v) is 3.29. The van der Waals surface area contributed by atoms with E-state index in [1.165, 1.54) is 19.1 Å². The maximum atomic E-state index is 13.0. The highest BCUT2D eigenvalue weighted by Crippen LogP contribution is 2.30. The predicted molar refractivity (Wildman–Crippen MR) is 83.7 cm³/mol. The zero-order chi connectivity index (χ0) is 15.5. The molecule has 110 valence electrons. The lowest BCUT2D eigenvalue weighted by Crippen LogP contribution is -2.05. The van der Waals surface area contributed by atoms with Crippen LogP contribution in [0.15, 0.2) is 54.7 Å². The number of amides is 1. The minimum Gasteiger partial charge on any atom is -0.326 e. The molecule has 0 spiro atoms. The first-order valence-corrected chi connectivity index (χ1v) is 6.81. The number of rotatable bonds is 3. The molecule has 2 N–H and O–H groups in total. The molecule has 4 nitrogen and oxygen atoms in total. The van der Waals surface area contributed by atoms with Gasteiger partial charge in [0.25, 0.3) is 0 Å². The first kappa shape index (κ1) is 14.0. The average Bonchev–Trinajstić information content (AvgIpc) is 2.97. The molecule has 5 heteroatoms. The normalized spacial score (nSPS) is 10.5. The van der Waals surface area contributed by atoms with Gasteiger partial charge in [0, 0.05) is 23.7 Å². The summed E-state index contributed by atoms with van der Waals surface area (Å²) in [6.07, 6.45) is 1.73. The molecule has 0 fully saturated rings. The molecule has 0 radical (unpaired) electrons. The number of nitrogens with one attached hydrogen (secondary N) is 2. The van der Waals surface area contributed by atoms with E-state index in [1.807, 2.05) is 24.3 Å². The van der Waals surface area contributed by atoms with Crippen molar-refractivity contribution in [2.45, 2.75) is 6.92 Å². The summed E-state index contributed by atoms with van der Waals surface area (Å²) in [5.74, 6) is -0.382. The van der Waals surface area contributed by atoms with Crippen LogP contribution in [-0.4, -0.2) is 16.1 Å². The molecule has 0 aliphatic heterocycles. The van der Waals surface area contributed by atoms with Crippen LogP contribution in [0.4, 0.5) is 10.1 Å². The van der Waals surface area contributed by atoms with Crippen LogP contribution < -0.4 is 5.32 Å². The van der Waals surface area contributed by atoms with Crippen molar-refractivity contribution in [3.63, 3.8) is 0 Å². The molecule has 0 bridgehead atoms. The molecule has 0 atom stereocenters. The highest BCUT2D eigenvalue weighted by molar-refractivity contribution is 5.89. The van der Waals surface area contributed by atoms with Crippen LogP contribution in [0.2, 0.25) is 0 Å². The summed E-state index contributed by atoms with van der Waals surface area (Å²) in [6.45, 7) is 1.47. The van der Waals surface area contributed by atoms with E-state index in [2.05, 4.69) is 15.5 Å². The second-order valence-electron chi connectivity index (χ2n) is 4.92. The Kier molecular flexibility index (Phi) is 3.70. The van der Waals surface area contributed by atoms with Gasteiger partial charge in [0.05, 0.1) is 11.9 Å². The zero-order valence-corrected chi connectivity index (χ0v) is 11.9. The van der Waals surface area contributed by atoms with Crippen LogP contribution in [0.3, 0.4) is 0 Å². The fourth-order valence-electron chi connectivity index (χ4n) is 2.28.